The molecule has 6 heteroatoms. The lowest BCUT2D eigenvalue weighted by Gasteiger charge is -2.21. The van der Waals surface area contributed by atoms with Crippen LogP contribution in [0.5, 0.6) is 0 Å². The summed E-state index contributed by atoms with van der Waals surface area (Å²) in [7, 11) is 1.18. The van der Waals surface area contributed by atoms with Gasteiger partial charge in [-0.15, -0.1) is 0 Å². The number of hydrogen-bond acceptors (Lipinski definition) is 5. The number of aromatic nitrogens is 1. The summed E-state index contributed by atoms with van der Waals surface area (Å²) in [5.74, 6) is -0.441. The van der Waals surface area contributed by atoms with Gasteiger partial charge in [0.05, 0.1) is 0 Å². The van der Waals surface area contributed by atoms with Crippen LogP contribution in [0.25, 0.3) is 0 Å². The van der Waals surface area contributed by atoms with Crippen molar-refractivity contribution < 1.29 is 18.4 Å². The van der Waals surface area contributed by atoms with Crippen LogP contribution < -0.4 is 0 Å². The number of esters is 1. The molecule has 0 saturated heterocycles. The molecule has 0 aromatic carbocycles. The van der Waals surface area contributed by atoms with Gasteiger partial charge in [0.1, 0.15) is 11.4 Å². The summed E-state index contributed by atoms with van der Waals surface area (Å²) in [6.45, 7) is 1.93. The maximum Gasteiger partial charge on any atom is 0.363 e. The van der Waals surface area contributed by atoms with E-state index in [1.54, 1.807) is 38.6 Å². The maximum atomic E-state index is 11.8. The molecule has 1 atom stereocenters. The number of hydrogen-bond donors (Lipinski definition) is 0. The molecule has 0 bridgehead atoms. The van der Waals surface area contributed by atoms with E-state index in [4.69, 9.17) is 13.6 Å². The molecule has 1 aromatic rings. The first-order valence-electron chi connectivity index (χ1n) is 5.40. The summed E-state index contributed by atoms with van der Waals surface area (Å²) >= 11 is 0. The van der Waals surface area contributed by atoms with Gasteiger partial charge in [-0.25, -0.2) is 9.78 Å². The normalized spacial score (nSPS) is 12.5. The Morgan fingerprint density at radius 1 is 1.41 bits per heavy atom. The Hall–Kier alpha value is -1.24. The molecule has 17 heavy (non-hydrogen) atoms. The standard InChI is InChI=1S/C11H17NO4Si/c1-4-10(17(14-2)15-3)16-11(13)9-7-5-6-8-12-9/h5-8,10,17H,4H2,1-3H3. The molecule has 94 valence electrons. The number of carbonyl (C=O) groups excluding carboxylic acids is 1. The van der Waals surface area contributed by atoms with Crippen molar-refractivity contribution in [1.82, 2.24) is 4.98 Å². The van der Waals surface area contributed by atoms with E-state index in [9.17, 15) is 4.79 Å². The lowest BCUT2D eigenvalue weighted by molar-refractivity contribution is 0.0350. The van der Waals surface area contributed by atoms with Gasteiger partial charge in [-0.3, -0.25) is 0 Å². The number of nitrogens with zero attached hydrogens (tertiary/aromatic N) is 1. The van der Waals surface area contributed by atoms with Gasteiger partial charge >= 0.3 is 15.3 Å². The van der Waals surface area contributed by atoms with Crippen molar-refractivity contribution in [3.63, 3.8) is 0 Å². The van der Waals surface area contributed by atoms with Gasteiger partial charge in [-0.05, 0) is 18.6 Å². The Kier molecular flexibility index (Phi) is 5.82. The highest BCUT2D eigenvalue weighted by Crippen LogP contribution is 2.08. The highest BCUT2D eigenvalue weighted by Gasteiger charge is 2.27. The fraction of sp³-hybridized carbons (Fsp3) is 0.455. The van der Waals surface area contributed by atoms with E-state index in [-0.39, 0.29) is 5.73 Å². The minimum atomic E-state index is -1.96. The topological polar surface area (TPSA) is 57.7 Å². The van der Waals surface area contributed by atoms with E-state index >= 15 is 0 Å². The molecule has 1 aromatic heterocycles. The van der Waals surface area contributed by atoms with E-state index < -0.39 is 15.3 Å². The Balaban J connectivity index is 2.66. The number of ether oxygens (including phenoxy) is 1. The zero-order valence-corrected chi connectivity index (χ0v) is 11.4. The van der Waals surface area contributed by atoms with Crippen LogP contribution in [0.3, 0.4) is 0 Å². The van der Waals surface area contributed by atoms with Gasteiger partial charge in [0.25, 0.3) is 0 Å². The highest BCUT2D eigenvalue weighted by molar-refractivity contribution is 6.46. The molecular formula is C11H17NO4Si. The minimum absolute atomic E-state index is 0.297. The van der Waals surface area contributed by atoms with Crippen molar-refractivity contribution >= 4 is 15.3 Å². The molecule has 1 unspecified atom stereocenters. The molecule has 0 aliphatic carbocycles. The van der Waals surface area contributed by atoms with Crippen LogP contribution in [0.2, 0.25) is 0 Å². The second kappa shape index (κ2) is 7.15. The zero-order chi connectivity index (χ0) is 12.7. The van der Waals surface area contributed by atoms with Crippen LogP contribution in [0.1, 0.15) is 23.8 Å². The minimum Gasteiger partial charge on any atom is -0.456 e. The molecule has 0 spiro atoms. The van der Waals surface area contributed by atoms with Crippen LogP contribution in [-0.2, 0) is 13.6 Å². The summed E-state index contributed by atoms with van der Waals surface area (Å²) < 4.78 is 15.8. The van der Waals surface area contributed by atoms with Crippen molar-refractivity contribution in [2.45, 2.75) is 19.1 Å². The van der Waals surface area contributed by atoms with Crippen molar-refractivity contribution in [1.29, 1.82) is 0 Å². The van der Waals surface area contributed by atoms with Crippen molar-refractivity contribution in [3.05, 3.63) is 30.1 Å². The third-order valence-corrected chi connectivity index (χ3v) is 4.45. The fourth-order valence-corrected chi connectivity index (χ4v) is 2.83. The van der Waals surface area contributed by atoms with Crippen LogP contribution in [-0.4, -0.2) is 40.2 Å². The Morgan fingerprint density at radius 2 is 2.12 bits per heavy atom. The van der Waals surface area contributed by atoms with Gasteiger partial charge in [-0.2, -0.15) is 0 Å². The SMILES string of the molecule is CCC(OC(=O)c1ccccn1)[SiH](OC)OC. The molecule has 0 fully saturated rings. The van der Waals surface area contributed by atoms with E-state index in [2.05, 4.69) is 4.98 Å². The van der Waals surface area contributed by atoms with Crippen molar-refractivity contribution in [2.24, 2.45) is 0 Å². The molecule has 0 aliphatic rings. The first-order chi connectivity index (χ1) is 8.22. The average Bonchev–Trinajstić information content (AvgIpc) is 2.39. The Labute approximate surface area is 103 Å². The van der Waals surface area contributed by atoms with E-state index in [0.717, 1.165) is 0 Å². The largest absolute Gasteiger partial charge is 0.456 e. The predicted octanol–water partition coefficient (Wildman–Crippen LogP) is 1.07. The summed E-state index contributed by atoms with van der Waals surface area (Å²) in [5, 5.41) is 0. The van der Waals surface area contributed by atoms with E-state index in [0.29, 0.717) is 12.1 Å². The second-order valence-corrected chi connectivity index (χ2v) is 5.83. The van der Waals surface area contributed by atoms with Gasteiger partial charge < -0.3 is 13.6 Å². The maximum absolute atomic E-state index is 11.8. The van der Waals surface area contributed by atoms with E-state index in [1.807, 2.05) is 6.92 Å². The zero-order valence-electron chi connectivity index (χ0n) is 10.3. The van der Waals surface area contributed by atoms with Crippen molar-refractivity contribution in [2.75, 3.05) is 14.2 Å². The summed E-state index contributed by atoms with van der Waals surface area (Å²) in [5.41, 5.74) is -0.00888. The average molecular weight is 255 g/mol. The van der Waals surface area contributed by atoms with Gasteiger partial charge in [-0.1, -0.05) is 13.0 Å². The first-order valence-corrected chi connectivity index (χ1v) is 7.01. The van der Waals surface area contributed by atoms with Crippen LogP contribution in [0, 0.1) is 0 Å². The smallest absolute Gasteiger partial charge is 0.363 e. The quantitative estimate of drug-likeness (QED) is 0.562. The molecule has 1 heterocycles. The molecule has 1 rings (SSSR count). The van der Waals surface area contributed by atoms with Crippen LogP contribution >= 0.6 is 0 Å². The third kappa shape index (κ3) is 3.92. The van der Waals surface area contributed by atoms with E-state index in [1.165, 1.54) is 0 Å². The van der Waals surface area contributed by atoms with Gasteiger partial charge in [0.15, 0.2) is 0 Å². The first kappa shape index (κ1) is 13.8. The molecule has 0 saturated carbocycles. The second-order valence-electron chi connectivity index (χ2n) is 3.41. The Morgan fingerprint density at radius 3 is 2.59 bits per heavy atom. The van der Waals surface area contributed by atoms with Crippen molar-refractivity contribution in [3.8, 4) is 0 Å². The van der Waals surface area contributed by atoms with Gasteiger partial charge in [0.2, 0.25) is 0 Å². The predicted molar refractivity (Wildman–Crippen MR) is 64.9 cm³/mol. The molecular weight excluding hydrogens is 238 g/mol. The molecule has 0 aliphatic heterocycles. The highest BCUT2D eigenvalue weighted by atomic mass is 28.3. The molecule has 5 nitrogen and oxygen atoms in total. The molecule has 0 amide bonds. The molecule has 0 N–H and O–H groups in total. The summed E-state index contributed by atoms with van der Waals surface area (Å²) in [6.07, 6.45) is 2.22. The van der Waals surface area contributed by atoms with Crippen LogP contribution in [0.15, 0.2) is 24.4 Å². The number of rotatable bonds is 6. The summed E-state index contributed by atoms with van der Waals surface area (Å²) in [4.78, 5) is 15.7. The van der Waals surface area contributed by atoms with Crippen LogP contribution in [0.4, 0.5) is 0 Å². The molecule has 0 radical (unpaired) electrons. The lowest BCUT2D eigenvalue weighted by Crippen LogP contribution is -2.38. The van der Waals surface area contributed by atoms with Gasteiger partial charge in [0, 0.05) is 20.4 Å². The Bertz CT molecular complexity index is 343. The fourth-order valence-electron chi connectivity index (χ4n) is 1.41. The number of carbonyl (C=O) groups is 1. The number of pyridine rings is 1. The third-order valence-electron chi connectivity index (χ3n) is 2.30. The lowest BCUT2D eigenvalue weighted by atomic mass is 10.3. The monoisotopic (exact) mass is 255 g/mol. The summed E-state index contributed by atoms with van der Waals surface area (Å²) in [6, 6.07) is 5.10.